The molecule has 0 fully saturated rings. The molecule has 0 atom stereocenters. The summed E-state index contributed by atoms with van der Waals surface area (Å²) in [6.07, 6.45) is 0.772. The van der Waals surface area contributed by atoms with Gasteiger partial charge in [-0.2, -0.15) is 0 Å². The van der Waals surface area contributed by atoms with Gasteiger partial charge in [0.2, 0.25) is 0 Å². The molecule has 28 heavy (non-hydrogen) atoms. The van der Waals surface area contributed by atoms with Crippen LogP contribution in [-0.2, 0) is 17.8 Å². The molecule has 0 unspecified atom stereocenters. The van der Waals surface area contributed by atoms with Crippen LogP contribution in [0.4, 0.5) is 0 Å². The van der Waals surface area contributed by atoms with Crippen LogP contribution in [-0.4, -0.2) is 24.7 Å². The van der Waals surface area contributed by atoms with Crippen LogP contribution in [0.1, 0.15) is 21.7 Å². The number of carbonyl (C=O) groups excluding carboxylic acids is 1. The van der Waals surface area contributed by atoms with E-state index >= 15 is 0 Å². The molecular formula is C20H20ClN3O3S. The minimum absolute atomic E-state index is 0.194. The number of hydrazine groups is 1. The molecule has 3 rings (SSSR count). The maximum atomic E-state index is 12.5. The molecule has 3 N–H and O–H groups in total. The molecule has 0 aliphatic heterocycles. The molecule has 3 aromatic rings. The van der Waals surface area contributed by atoms with Crippen molar-refractivity contribution in [1.29, 1.82) is 0 Å². The van der Waals surface area contributed by atoms with E-state index in [0.717, 1.165) is 17.4 Å². The molecule has 0 saturated carbocycles. The van der Waals surface area contributed by atoms with E-state index in [2.05, 4.69) is 16.2 Å². The van der Waals surface area contributed by atoms with Crippen LogP contribution in [0, 0.1) is 0 Å². The van der Waals surface area contributed by atoms with Crippen molar-refractivity contribution in [3.8, 4) is 0 Å². The van der Waals surface area contributed by atoms with Gasteiger partial charge >= 0.3 is 5.91 Å². The molecule has 1 amide bonds. The zero-order valence-electron chi connectivity index (χ0n) is 15.3. The number of ether oxygens (including phenoxy) is 1. The number of hydrogen-bond donors (Lipinski definition) is 3. The average Bonchev–Trinajstić information content (AvgIpc) is 3.07. The van der Waals surface area contributed by atoms with E-state index in [1.807, 2.05) is 48.5 Å². The van der Waals surface area contributed by atoms with Crippen molar-refractivity contribution in [2.24, 2.45) is 0 Å². The second-order valence-electron chi connectivity index (χ2n) is 6.05. The lowest BCUT2D eigenvalue weighted by molar-refractivity contribution is 0.0911. The van der Waals surface area contributed by atoms with Crippen LogP contribution < -0.4 is 16.2 Å². The summed E-state index contributed by atoms with van der Waals surface area (Å²) in [7, 11) is 1.57. The molecule has 0 spiro atoms. The molecule has 1 aromatic heterocycles. The number of nitrogens with one attached hydrogen (secondary N) is 3. The van der Waals surface area contributed by atoms with Gasteiger partial charge in [0, 0.05) is 29.6 Å². The van der Waals surface area contributed by atoms with Crippen molar-refractivity contribution < 1.29 is 13.9 Å². The monoisotopic (exact) mass is 417 g/mol. The molecule has 0 radical (unpaired) electrons. The molecule has 146 valence electrons. The fraction of sp³-hybridized carbons (Fsp3) is 0.200. The van der Waals surface area contributed by atoms with Crippen molar-refractivity contribution in [2.45, 2.75) is 13.0 Å². The van der Waals surface area contributed by atoms with E-state index in [0.29, 0.717) is 27.8 Å². The van der Waals surface area contributed by atoms with Crippen molar-refractivity contribution >= 4 is 45.8 Å². The molecular weight excluding hydrogens is 398 g/mol. The standard InChI is InChI=1S/C20H20ClN3O3S/c1-26-12-16-15-4-2-3-5-17(15)27-18(16)19(25)23-24-20(28)22-11-10-13-6-8-14(21)9-7-13/h2-9H,10-12H2,1H3,(H,23,25)(H2,22,24,28). The molecule has 2 aromatic carbocycles. The minimum Gasteiger partial charge on any atom is -0.450 e. The van der Waals surface area contributed by atoms with E-state index in [1.54, 1.807) is 7.11 Å². The summed E-state index contributed by atoms with van der Waals surface area (Å²) in [6.45, 7) is 0.881. The molecule has 0 aliphatic carbocycles. The lowest BCUT2D eigenvalue weighted by atomic mass is 10.1. The Morgan fingerprint density at radius 1 is 1.14 bits per heavy atom. The lowest BCUT2D eigenvalue weighted by Crippen LogP contribution is -2.47. The van der Waals surface area contributed by atoms with Crippen molar-refractivity contribution in [3.05, 3.63) is 70.4 Å². The lowest BCUT2D eigenvalue weighted by Gasteiger charge is -2.11. The summed E-state index contributed by atoms with van der Waals surface area (Å²) in [5, 5.41) is 4.90. The number of benzene rings is 2. The molecule has 0 saturated heterocycles. The first-order valence-corrected chi connectivity index (χ1v) is 9.45. The predicted octanol–water partition coefficient (Wildman–Crippen LogP) is 3.58. The van der Waals surface area contributed by atoms with Crippen molar-refractivity contribution in [1.82, 2.24) is 16.2 Å². The Morgan fingerprint density at radius 2 is 1.89 bits per heavy atom. The van der Waals surface area contributed by atoms with Gasteiger partial charge in [0.15, 0.2) is 10.9 Å². The first-order valence-electron chi connectivity index (χ1n) is 8.66. The second kappa shape index (κ2) is 9.54. The highest BCUT2D eigenvalue weighted by atomic mass is 35.5. The van der Waals surface area contributed by atoms with Crippen LogP contribution in [0.3, 0.4) is 0 Å². The summed E-state index contributed by atoms with van der Waals surface area (Å²) in [5.74, 6) is -0.232. The van der Waals surface area contributed by atoms with Crippen LogP contribution in [0.15, 0.2) is 52.9 Å². The van der Waals surface area contributed by atoms with Gasteiger partial charge in [-0.1, -0.05) is 41.9 Å². The fourth-order valence-corrected chi connectivity index (χ4v) is 3.03. The average molecular weight is 418 g/mol. The van der Waals surface area contributed by atoms with E-state index in [-0.39, 0.29) is 12.4 Å². The van der Waals surface area contributed by atoms with E-state index < -0.39 is 5.91 Å². The van der Waals surface area contributed by atoms with E-state index in [9.17, 15) is 4.79 Å². The smallest absolute Gasteiger partial charge is 0.305 e. The fourth-order valence-electron chi connectivity index (χ4n) is 2.76. The third-order valence-electron chi connectivity index (χ3n) is 4.10. The van der Waals surface area contributed by atoms with Crippen LogP contribution >= 0.6 is 23.8 Å². The number of rotatable bonds is 6. The van der Waals surface area contributed by atoms with Gasteiger partial charge in [-0.15, -0.1) is 0 Å². The summed E-state index contributed by atoms with van der Waals surface area (Å²) in [4.78, 5) is 12.5. The van der Waals surface area contributed by atoms with Gasteiger partial charge in [-0.25, -0.2) is 0 Å². The first kappa shape index (κ1) is 20.1. The number of hydrogen-bond acceptors (Lipinski definition) is 4. The number of carbonyl (C=O) groups is 1. The van der Waals surface area contributed by atoms with Crippen molar-refractivity contribution in [3.63, 3.8) is 0 Å². The Morgan fingerprint density at radius 3 is 2.64 bits per heavy atom. The van der Waals surface area contributed by atoms with Crippen LogP contribution in [0.2, 0.25) is 5.02 Å². The number of para-hydroxylation sites is 1. The normalized spacial score (nSPS) is 10.6. The van der Waals surface area contributed by atoms with Crippen molar-refractivity contribution in [2.75, 3.05) is 13.7 Å². The molecule has 0 bridgehead atoms. The van der Waals surface area contributed by atoms with Crippen LogP contribution in [0.25, 0.3) is 11.0 Å². The maximum Gasteiger partial charge on any atom is 0.305 e. The Balaban J connectivity index is 1.53. The van der Waals surface area contributed by atoms with E-state index in [4.69, 9.17) is 33.0 Å². The summed E-state index contributed by atoms with van der Waals surface area (Å²) < 4.78 is 10.9. The SMILES string of the molecule is COCc1c(C(=O)NNC(=S)NCCc2ccc(Cl)cc2)oc2ccccc12. The van der Waals surface area contributed by atoms with Gasteiger partial charge in [-0.05, 0) is 42.4 Å². The number of thiocarbonyl (C=S) groups is 1. The number of halogens is 1. The first-order chi connectivity index (χ1) is 13.6. The van der Waals surface area contributed by atoms with Gasteiger partial charge < -0.3 is 14.5 Å². The summed E-state index contributed by atoms with van der Waals surface area (Å²) in [5.41, 5.74) is 7.70. The zero-order chi connectivity index (χ0) is 19.9. The number of amides is 1. The Hall–Kier alpha value is -2.61. The molecule has 1 heterocycles. The Bertz CT molecular complexity index is 972. The van der Waals surface area contributed by atoms with E-state index in [1.165, 1.54) is 0 Å². The predicted molar refractivity (Wildman–Crippen MR) is 113 cm³/mol. The largest absolute Gasteiger partial charge is 0.450 e. The van der Waals surface area contributed by atoms with Gasteiger partial charge in [0.1, 0.15) is 5.58 Å². The highest BCUT2D eigenvalue weighted by molar-refractivity contribution is 7.80. The Labute approximate surface area is 173 Å². The zero-order valence-corrected chi connectivity index (χ0v) is 16.8. The summed E-state index contributed by atoms with van der Waals surface area (Å²) >= 11 is 11.1. The number of furan rings is 1. The maximum absolute atomic E-state index is 12.5. The highest BCUT2D eigenvalue weighted by Gasteiger charge is 2.20. The van der Waals surface area contributed by atoms with Crippen LogP contribution in [0.5, 0.6) is 0 Å². The number of methoxy groups -OCH3 is 1. The van der Waals surface area contributed by atoms with Gasteiger partial charge in [-0.3, -0.25) is 15.6 Å². The van der Waals surface area contributed by atoms with Gasteiger partial charge in [0.25, 0.3) is 0 Å². The summed E-state index contributed by atoms with van der Waals surface area (Å²) in [6, 6.07) is 15.0. The molecule has 0 aliphatic rings. The topological polar surface area (TPSA) is 75.5 Å². The third-order valence-corrected chi connectivity index (χ3v) is 4.59. The third kappa shape index (κ3) is 5.01. The van der Waals surface area contributed by atoms with Gasteiger partial charge in [0.05, 0.1) is 6.61 Å². The minimum atomic E-state index is -0.426. The number of fused-ring (bicyclic) bond motifs is 1. The quantitative estimate of drug-likeness (QED) is 0.420. The highest BCUT2D eigenvalue weighted by Crippen LogP contribution is 2.26. The molecule has 6 nitrogen and oxygen atoms in total. The second-order valence-corrected chi connectivity index (χ2v) is 6.90. The molecule has 8 heteroatoms. The Kier molecular flexibility index (Phi) is 6.86.